The largest absolute Gasteiger partial charge is 0.491 e. The normalized spacial score (nSPS) is 15.0. The molecule has 0 heterocycles. The number of carbonyl (C=O) groups excluding carboxylic acids is 2. The summed E-state index contributed by atoms with van der Waals surface area (Å²) < 4.78 is 291. The molecule has 0 aliphatic carbocycles. The summed E-state index contributed by atoms with van der Waals surface area (Å²) >= 11 is 0. The van der Waals surface area contributed by atoms with Gasteiger partial charge < -0.3 is 23.4 Å². The van der Waals surface area contributed by atoms with E-state index in [1.807, 2.05) is 0 Å². The van der Waals surface area contributed by atoms with E-state index in [9.17, 15) is 84.2 Å². The highest BCUT2D eigenvalue weighted by Crippen LogP contribution is 2.64. The highest BCUT2D eigenvalue weighted by Gasteiger charge is 2.95. The van der Waals surface area contributed by atoms with E-state index in [1.54, 1.807) is 6.92 Å². The van der Waals surface area contributed by atoms with Crippen LogP contribution in [0.25, 0.3) is 0 Å². The van der Waals surface area contributed by atoms with Crippen LogP contribution in [0.4, 0.5) is 93.9 Å². The van der Waals surface area contributed by atoms with Gasteiger partial charge in [0, 0.05) is 25.2 Å². The lowest BCUT2D eigenvalue weighted by molar-refractivity contribution is -0.461. The number of rotatable bonds is 25. The van der Waals surface area contributed by atoms with Crippen molar-refractivity contribution in [3.8, 4) is 5.75 Å². The molecule has 2 rings (SSSR count). The Morgan fingerprint density at radius 1 is 0.710 bits per heavy atom. The van der Waals surface area contributed by atoms with Gasteiger partial charge in [-0.2, -0.15) is 74.6 Å². The van der Waals surface area contributed by atoms with Crippen LogP contribution in [0.1, 0.15) is 66.1 Å². The molecule has 0 saturated carbocycles. The third kappa shape index (κ3) is 12.5. The Morgan fingerprint density at radius 2 is 1.22 bits per heavy atom. The van der Waals surface area contributed by atoms with E-state index in [0.717, 1.165) is 12.1 Å². The van der Waals surface area contributed by atoms with Crippen molar-refractivity contribution in [2.45, 2.75) is 131 Å². The number of esters is 1. The van der Waals surface area contributed by atoms with Gasteiger partial charge in [-0.15, -0.1) is 0 Å². The van der Waals surface area contributed by atoms with Crippen LogP contribution in [0.15, 0.2) is 54.1 Å². The summed E-state index contributed by atoms with van der Waals surface area (Å²) in [6, 6.07) is 6.12. The highest BCUT2D eigenvalue weighted by molar-refractivity contribution is 6.76. The summed E-state index contributed by atoms with van der Waals surface area (Å²) in [7, 11) is -2.85. The van der Waals surface area contributed by atoms with Crippen molar-refractivity contribution >= 4 is 26.1 Å². The molecule has 394 valence electrons. The molecule has 0 radical (unpaired) electrons. The van der Waals surface area contributed by atoms with E-state index in [1.165, 1.54) is 72.1 Å². The van der Waals surface area contributed by atoms with Crippen LogP contribution < -0.4 is 10.1 Å². The first kappa shape index (κ1) is 60.6. The average Bonchev–Trinajstić information content (AvgIpc) is 3.23. The summed E-state index contributed by atoms with van der Waals surface area (Å²) in [5, 5.41) is 2.11. The van der Waals surface area contributed by atoms with Crippen LogP contribution in [0.2, 0.25) is 17.1 Å². The minimum absolute atomic E-state index is 0.0111. The van der Waals surface area contributed by atoms with Crippen LogP contribution >= 0.6 is 0 Å². The van der Waals surface area contributed by atoms with Crippen molar-refractivity contribution in [2.24, 2.45) is 0 Å². The van der Waals surface area contributed by atoms with Crippen molar-refractivity contribution in [3.63, 3.8) is 0 Å². The minimum atomic E-state index is -8.73. The van der Waals surface area contributed by atoms with Gasteiger partial charge in [0.05, 0.1) is 18.9 Å². The third-order valence-corrected chi connectivity index (χ3v) is 16.5. The minimum Gasteiger partial charge on any atom is -0.491 e. The molecule has 0 saturated heterocycles. The lowest BCUT2D eigenvalue weighted by atomic mass is 9.88. The lowest BCUT2D eigenvalue weighted by Crippen LogP contribution is -2.74. The molecule has 69 heavy (non-hydrogen) atoms. The number of halogens is 19. The van der Waals surface area contributed by atoms with Crippen molar-refractivity contribution in [1.82, 2.24) is 0 Å². The molecular formula is C41H46F19NO7Si. The molecule has 0 fully saturated rings. The van der Waals surface area contributed by atoms with Gasteiger partial charge in [-0.3, -0.25) is 5.32 Å². The molecule has 8 nitrogen and oxygen atoms in total. The van der Waals surface area contributed by atoms with E-state index in [-0.39, 0.29) is 29.9 Å². The van der Waals surface area contributed by atoms with Gasteiger partial charge in [-0.05, 0) is 67.2 Å². The van der Waals surface area contributed by atoms with Crippen LogP contribution in [0, 0.1) is 11.6 Å². The van der Waals surface area contributed by atoms with Crippen molar-refractivity contribution in [2.75, 3.05) is 32.2 Å². The SMILES string of the molecule is CCOC(=O)/C(C)=C/C[C@H](OC)[C@@H](OC(=O)Nc1ccc(F)cc1F)c1ccc(OCCO[Si](CCC(F)(F)C(F)(F)C(F)(F)C(F)(F)C(F)(F)C(F)(F)C(F)(F)C(F)(F)F)(C(C)C)C(C)C)cc1. The number of hydrogen-bond acceptors (Lipinski definition) is 7. The molecule has 1 N–H and O–H groups in total. The van der Waals surface area contributed by atoms with Gasteiger partial charge in [0.25, 0.3) is 0 Å². The first-order valence-electron chi connectivity index (χ1n) is 20.1. The molecular weight excluding hydrogens is 1010 g/mol. The van der Waals surface area contributed by atoms with Gasteiger partial charge in [0.15, 0.2) is 14.4 Å². The second kappa shape index (κ2) is 22.3. The fourth-order valence-corrected chi connectivity index (χ4v) is 11.1. The predicted molar refractivity (Wildman–Crippen MR) is 209 cm³/mol. The Balaban J connectivity index is 2.36. The third-order valence-electron chi connectivity index (χ3n) is 10.8. The Morgan fingerprint density at radius 3 is 1.68 bits per heavy atom. The number of carbonyl (C=O) groups is 2. The summed E-state index contributed by atoms with van der Waals surface area (Å²) in [5.41, 5.74) is -2.00. The smallest absolute Gasteiger partial charge is 0.460 e. The van der Waals surface area contributed by atoms with Crippen LogP contribution in [-0.4, -0.2) is 101 Å². The summed E-state index contributed by atoms with van der Waals surface area (Å²) in [6.45, 7) is 7.09. The number of alkyl halides is 17. The van der Waals surface area contributed by atoms with E-state index in [2.05, 4.69) is 5.32 Å². The van der Waals surface area contributed by atoms with Crippen LogP contribution in [0.3, 0.4) is 0 Å². The average molecular weight is 1050 g/mol. The molecule has 0 aromatic heterocycles. The number of ether oxygens (including phenoxy) is 4. The van der Waals surface area contributed by atoms with Crippen LogP contribution in [-0.2, 0) is 23.4 Å². The monoisotopic (exact) mass is 1050 g/mol. The number of methoxy groups -OCH3 is 1. The van der Waals surface area contributed by atoms with E-state index < -0.39 is 134 Å². The van der Waals surface area contributed by atoms with E-state index >= 15 is 8.78 Å². The number of nitrogens with one attached hydrogen (secondary N) is 1. The van der Waals surface area contributed by atoms with E-state index in [4.69, 9.17) is 23.4 Å². The molecule has 2 atom stereocenters. The van der Waals surface area contributed by atoms with E-state index in [0.29, 0.717) is 6.07 Å². The number of amides is 1. The summed E-state index contributed by atoms with van der Waals surface area (Å²) in [4.78, 5) is 25.1. The highest BCUT2D eigenvalue weighted by atomic mass is 28.4. The van der Waals surface area contributed by atoms with Crippen molar-refractivity contribution in [3.05, 3.63) is 71.3 Å². The molecule has 0 bridgehead atoms. The molecule has 2 aromatic carbocycles. The molecule has 0 aliphatic rings. The predicted octanol–water partition coefficient (Wildman–Crippen LogP) is 13.7. The first-order valence-corrected chi connectivity index (χ1v) is 22.4. The summed E-state index contributed by atoms with van der Waals surface area (Å²) in [5.74, 6) is -59.8. The van der Waals surface area contributed by atoms with Gasteiger partial charge >= 0.3 is 59.7 Å². The van der Waals surface area contributed by atoms with Gasteiger partial charge in [-0.1, -0.05) is 45.9 Å². The number of hydrogen-bond donors (Lipinski definition) is 1. The topological polar surface area (TPSA) is 92.3 Å². The zero-order valence-electron chi connectivity index (χ0n) is 37.2. The Kier molecular flexibility index (Phi) is 19.6. The Bertz CT molecular complexity index is 2060. The summed E-state index contributed by atoms with van der Waals surface area (Å²) in [6.07, 6.45) is -12.8. The van der Waals surface area contributed by atoms with Crippen molar-refractivity contribution < 1.29 is 116 Å². The Hall–Kier alpha value is -4.47. The fraction of sp³-hybridized carbons (Fsp3) is 0.610. The Labute approximate surface area is 382 Å². The molecule has 0 aliphatic heterocycles. The maximum absolute atomic E-state index is 15.0. The maximum atomic E-state index is 15.0. The number of benzene rings is 2. The molecule has 0 spiro atoms. The molecule has 1 amide bonds. The lowest BCUT2D eigenvalue weighted by Gasteiger charge is -2.44. The van der Waals surface area contributed by atoms with Crippen molar-refractivity contribution in [1.29, 1.82) is 0 Å². The van der Waals surface area contributed by atoms with Gasteiger partial charge in [-0.25, -0.2) is 18.4 Å². The zero-order valence-corrected chi connectivity index (χ0v) is 38.2. The molecule has 28 heteroatoms. The maximum Gasteiger partial charge on any atom is 0.460 e. The second-order valence-corrected chi connectivity index (χ2v) is 20.9. The zero-order chi connectivity index (χ0) is 53.6. The van der Waals surface area contributed by atoms with Gasteiger partial charge in [0.1, 0.15) is 30.1 Å². The second-order valence-electron chi connectivity index (χ2n) is 15.9. The first-order chi connectivity index (χ1) is 31.3. The number of anilines is 1. The van der Waals surface area contributed by atoms with Gasteiger partial charge in [0.2, 0.25) is 0 Å². The fourth-order valence-electron chi connectivity index (χ4n) is 6.67. The molecule has 2 aromatic rings. The molecule has 0 unspecified atom stereocenters. The standard InChI is InChI=1S/C41H46F19NO7Si/c1-8-65-32(62)24(6)9-16-30(64-7)31(68-33(63)61-29-15-12-26(42)21-28(29)43)25-10-13-27(14-11-25)66-18-19-67-69(22(2)3,23(4)5)20-17-34(44,45)35(46,47)36(48,49)37(50,51)38(52,53)39(54,55)40(56,57)41(58,59)60/h9-15,21-23,30-31H,8,16-20H2,1-7H3,(H,61,63)/b24-9+/t30-,31-/m0/s1. The quantitative estimate of drug-likeness (QED) is 0.0348. The van der Waals surface area contributed by atoms with Crippen LogP contribution in [0.5, 0.6) is 5.75 Å².